The van der Waals surface area contributed by atoms with Crippen molar-refractivity contribution >= 4 is 11.7 Å². The molecule has 2 unspecified atom stereocenters. The van der Waals surface area contributed by atoms with Crippen molar-refractivity contribution in [1.29, 1.82) is 0 Å². The van der Waals surface area contributed by atoms with Crippen LogP contribution in [0.25, 0.3) is 0 Å². The lowest BCUT2D eigenvalue weighted by atomic mass is 9.74. The van der Waals surface area contributed by atoms with Crippen molar-refractivity contribution in [2.45, 2.75) is 76.5 Å². The highest BCUT2D eigenvalue weighted by Gasteiger charge is 2.42. The van der Waals surface area contributed by atoms with E-state index in [0.29, 0.717) is 5.92 Å². The average molecular weight is 297 g/mol. The molecule has 1 aliphatic carbocycles. The molecule has 0 radical (unpaired) electrons. The molecule has 1 heterocycles. The van der Waals surface area contributed by atoms with Gasteiger partial charge in [-0.05, 0) is 51.4 Å². The van der Waals surface area contributed by atoms with Crippen molar-refractivity contribution in [3.05, 3.63) is 0 Å². The molecule has 6 heteroatoms. The molecule has 0 aromatic carbocycles. The number of carbonyl (C=O) groups is 1. The minimum atomic E-state index is -0.716. The summed E-state index contributed by atoms with van der Waals surface area (Å²) in [6.07, 6.45) is 5.87. The molecule has 0 aromatic rings. The van der Waals surface area contributed by atoms with Crippen LogP contribution < -0.4 is 11.1 Å². The van der Waals surface area contributed by atoms with Crippen LogP contribution in [-0.4, -0.2) is 34.7 Å². The molecule has 0 bridgehead atoms. The maximum absolute atomic E-state index is 12.4. The van der Waals surface area contributed by atoms with Crippen molar-refractivity contribution in [1.82, 2.24) is 5.32 Å². The van der Waals surface area contributed by atoms with E-state index in [2.05, 4.69) is 17.4 Å². The van der Waals surface area contributed by atoms with Gasteiger partial charge >= 0.3 is 0 Å². The van der Waals surface area contributed by atoms with E-state index in [4.69, 9.17) is 15.7 Å². The van der Waals surface area contributed by atoms with Crippen LogP contribution in [0.4, 0.5) is 0 Å². The van der Waals surface area contributed by atoms with Gasteiger partial charge < -0.3 is 21.0 Å². The molecule has 2 rings (SSSR count). The number of amides is 1. The van der Waals surface area contributed by atoms with E-state index in [-0.39, 0.29) is 17.8 Å². The van der Waals surface area contributed by atoms with Gasteiger partial charge in [0.05, 0.1) is 6.10 Å². The molecule has 1 saturated carbocycles. The van der Waals surface area contributed by atoms with Crippen LogP contribution in [0.15, 0.2) is 5.16 Å². The van der Waals surface area contributed by atoms with Crippen LogP contribution in [0, 0.1) is 5.92 Å². The number of nitrogens with two attached hydrogens (primary N) is 1. The van der Waals surface area contributed by atoms with Crippen molar-refractivity contribution < 1.29 is 14.7 Å². The van der Waals surface area contributed by atoms with Crippen molar-refractivity contribution in [2.75, 3.05) is 0 Å². The van der Waals surface area contributed by atoms with Gasteiger partial charge in [0.15, 0.2) is 5.84 Å². The third kappa shape index (κ3) is 3.48. The van der Waals surface area contributed by atoms with Gasteiger partial charge in [-0.1, -0.05) is 18.5 Å². The van der Waals surface area contributed by atoms with Gasteiger partial charge in [-0.15, -0.1) is 0 Å². The first-order valence-electron chi connectivity index (χ1n) is 7.96. The number of oxime groups is 1. The van der Waals surface area contributed by atoms with Crippen molar-refractivity contribution in [3.8, 4) is 0 Å². The number of ether oxygens (including phenoxy) is 1. The number of amidine groups is 1. The van der Waals surface area contributed by atoms with Gasteiger partial charge in [-0.3, -0.25) is 4.79 Å². The molecule has 1 aliphatic heterocycles. The lowest BCUT2D eigenvalue weighted by Crippen LogP contribution is -2.60. The number of nitrogens with zero attached hydrogens (tertiary/aromatic N) is 1. The normalized spacial score (nSPS) is 37.4. The second-order valence-corrected chi connectivity index (χ2v) is 6.42. The molecule has 120 valence electrons. The molecule has 1 saturated heterocycles. The highest BCUT2D eigenvalue weighted by atomic mass is 16.5. The summed E-state index contributed by atoms with van der Waals surface area (Å²) in [5.41, 5.74) is 5.17. The van der Waals surface area contributed by atoms with Crippen LogP contribution >= 0.6 is 0 Å². The van der Waals surface area contributed by atoms with E-state index in [9.17, 15) is 4.79 Å². The topological polar surface area (TPSA) is 96.9 Å². The van der Waals surface area contributed by atoms with E-state index >= 15 is 0 Å². The molecular weight excluding hydrogens is 270 g/mol. The van der Waals surface area contributed by atoms with E-state index < -0.39 is 11.6 Å². The van der Waals surface area contributed by atoms with Crippen molar-refractivity contribution in [3.63, 3.8) is 0 Å². The minimum absolute atomic E-state index is 0.108. The molecule has 21 heavy (non-hydrogen) atoms. The lowest BCUT2D eigenvalue weighted by molar-refractivity contribution is -0.133. The standard InChI is InChI=1S/C15H27N3O3/c1-3-11-6-8-15(9-7-11,14(16)18-20)17-13(19)12-5-4-10(2)21-12/h10-12,20H,3-9H2,1-2H3,(H2,16,18)(H,17,19). The Morgan fingerprint density at radius 1 is 1.38 bits per heavy atom. The zero-order valence-corrected chi connectivity index (χ0v) is 13.0. The van der Waals surface area contributed by atoms with Gasteiger partial charge in [0.2, 0.25) is 5.91 Å². The third-order valence-corrected chi connectivity index (χ3v) is 5.02. The van der Waals surface area contributed by atoms with E-state index in [0.717, 1.165) is 44.9 Å². The first-order chi connectivity index (χ1) is 10.0. The number of hydrogen-bond donors (Lipinski definition) is 3. The van der Waals surface area contributed by atoms with E-state index in [1.54, 1.807) is 0 Å². The quantitative estimate of drug-likeness (QED) is 0.319. The Hall–Kier alpha value is -1.30. The van der Waals surface area contributed by atoms with Gasteiger partial charge in [-0.2, -0.15) is 0 Å². The van der Waals surface area contributed by atoms with Crippen LogP contribution in [0.2, 0.25) is 0 Å². The third-order valence-electron chi connectivity index (χ3n) is 5.02. The Labute approximate surface area is 126 Å². The zero-order valence-electron chi connectivity index (χ0n) is 13.0. The maximum atomic E-state index is 12.4. The molecule has 1 amide bonds. The summed E-state index contributed by atoms with van der Waals surface area (Å²) in [7, 11) is 0. The fourth-order valence-electron chi connectivity index (χ4n) is 3.43. The number of nitrogens with one attached hydrogen (secondary N) is 1. The summed E-state index contributed by atoms with van der Waals surface area (Å²) in [6, 6.07) is 0. The monoisotopic (exact) mass is 297 g/mol. The molecule has 2 atom stereocenters. The summed E-state index contributed by atoms with van der Waals surface area (Å²) in [5, 5.41) is 15.3. The molecule has 2 aliphatic rings. The minimum Gasteiger partial charge on any atom is -0.409 e. The van der Waals surface area contributed by atoms with Gasteiger partial charge in [0, 0.05) is 0 Å². The van der Waals surface area contributed by atoms with E-state index in [1.165, 1.54) is 0 Å². The maximum Gasteiger partial charge on any atom is 0.249 e. The molecule has 0 aromatic heterocycles. The SMILES string of the molecule is CCC1CCC(NC(=O)C2CCC(C)O2)(C(N)=NO)CC1. The Bertz CT molecular complexity index is 403. The van der Waals surface area contributed by atoms with Crippen LogP contribution in [0.1, 0.15) is 58.8 Å². The highest BCUT2D eigenvalue weighted by molar-refractivity contribution is 5.95. The molecule has 6 nitrogen and oxygen atoms in total. The Morgan fingerprint density at radius 3 is 2.52 bits per heavy atom. The first-order valence-corrected chi connectivity index (χ1v) is 7.96. The smallest absolute Gasteiger partial charge is 0.249 e. The second kappa shape index (κ2) is 6.64. The van der Waals surface area contributed by atoms with Crippen LogP contribution in [0.3, 0.4) is 0 Å². The highest BCUT2D eigenvalue weighted by Crippen LogP contribution is 2.34. The van der Waals surface area contributed by atoms with Gasteiger partial charge in [0.25, 0.3) is 0 Å². The zero-order chi connectivity index (χ0) is 15.5. The Morgan fingerprint density at radius 2 is 2.05 bits per heavy atom. The predicted molar refractivity (Wildman–Crippen MR) is 80.1 cm³/mol. The fourth-order valence-corrected chi connectivity index (χ4v) is 3.43. The summed E-state index contributed by atoms with van der Waals surface area (Å²) < 4.78 is 5.61. The number of carbonyl (C=O) groups excluding carboxylic acids is 1. The number of hydrogen-bond acceptors (Lipinski definition) is 4. The molecule has 2 fully saturated rings. The first kappa shape index (κ1) is 16.1. The second-order valence-electron chi connectivity index (χ2n) is 6.42. The van der Waals surface area contributed by atoms with Gasteiger partial charge in [0.1, 0.15) is 11.6 Å². The van der Waals surface area contributed by atoms with Crippen LogP contribution in [0.5, 0.6) is 0 Å². The average Bonchev–Trinajstić information content (AvgIpc) is 2.93. The predicted octanol–water partition coefficient (Wildman–Crippen LogP) is 1.76. The van der Waals surface area contributed by atoms with Crippen LogP contribution in [-0.2, 0) is 9.53 Å². The number of rotatable bonds is 4. The Balaban J connectivity index is 2.05. The van der Waals surface area contributed by atoms with Gasteiger partial charge in [-0.25, -0.2) is 0 Å². The summed E-state index contributed by atoms with van der Waals surface area (Å²) >= 11 is 0. The lowest BCUT2D eigenvalue weighted by Gasteiger charge is -2.40. The fraction of sp³-hybridized carbons (Fsp3) is 0.867. The van der Waals surface area contributed by atoms with E-state index in [1.807, 2.05) is 6.92 Å². The summed E-state index contributed by atoms with van der Waals surface area (Å²) in [6.45, 7) is 4.15. The molecular formula is C15H27N3O3. The largest absolute Gasteiger partial charge is 0.409 e. The summed E-state index contributed by atoms with van der Waals surface area (Å²) in [4.78, 5) is 12.4. The summed E-state index contributed by atoms with van der Waals surface area (Å²) in [5.74, 6) is 0.626. The van der Waals surface area contributed by atoms with Crippen molar-refractivity contribution in [2.24, 2.45) is 16.8 Å². The molecule has 4 N–H and O–H groups in total. The molecule has 0 spiro atoms. The Kier molecular flexibility index (Phi) is 5.08.